The topological polar surface area (TPSA) is 97.2 Å². The van der Waals surface area contributed by atoms with E-state index in [1.807, 2.05) is 6.92 Å². The van der Waals surface area contributed by atoms with Crippen molar-refractivity contribution >= 4 is 30.6 Å². The van der Waals surface area contributed by atoms with Crippen molar-refractivity contribution in [2.24, 2.45) is 5.73 Å². The predicted octanol–water partition coefficient (Wildman–Crippen LogP) is 3.08. The molecule has 10 heteroatoms. The van der Waals surface area contributed by atoms with E-state index in [0.29, 0.717) is 30.2 Å². The van der Waals surface area contributed by atoms with Crippen LogP contribution in [0.5, 0.6) is 0 Å². The molecular formula is C19H33Cl2N7O. The van der Waals surface area contributed by atoms with Gasteiger partial charge in [-0.3, -0.25) is 4.90 Å². The normalized spacial score (nSPS) is 14.8. The van der Waals surface area contributed by atoms with Crippen LogP contribution in [0.4, 0.5) is 5.82 Å². The highest BCUT2D eigenvalue weighted by Gasteiger charge is 2.26. The zero-order valence-electron chi connectivity index (χ0n) is 17.7. The van der Waals surface area contributed by atoms with Crippen LogP contribution < -0.4 is 10.6 Å². The monoisotopic (exact) mass is 445 g/mol. The van der Waals surface area contributed by atoms with Crippen LogP contribution in [-0.2, 0) is 13.1 Å². The first-order valence-corrected chi connectivity index (χ1v) is 9.86. The van der Waals surface area contributed by atoms with Gasteiger partial charge in [0, 0.05) is 36.8 Å². The third-order valence-corrected chi connectivity index (χ3v) is 5.11. The van der Waals surface area contributed by atoms with E-state index in [9.17, 15) is 0 Å². The maximum absolute atomic E-state index is 5.55. The van der Waals surface area contributed by atoms with Gasteiger partial charge in [-0.05, 0) is 26.3 Å². The second kappa shape index (κ2) is 11.6. The van der Waals surface area contributed by atoms with Gasteiger partial charge in [0.25, 0.3) is 0 Å². The Hall–Kier alpha value is -1.48. The Kier molecular flexibility index (Phi) is 10.3. The number of rotatable bonds is 7. The standard InChI is InChI=1S/C19H31N7O.2ClH/c1-5-25(12-16-22-18(11-20)27-24-16)15-6-8-26(9-7-15)17-10-14(4)21-19(23-17)13(2)3;;/h10,13,15H,5-9,11-12,20H2,1-4H3;2*1H. The lowest BCUT2D eigenvalue weighted by atomic mass is 10.0. The van der Waals surface area contributed by atoms with E-state index in [0.717, 1.165) is 49.8 Å². The molecule has 29 heavy (non-hydrogen) atoms. The van der Waals surface area contributed by atoms with E-state index in [1.54, 1.807) is 0 Å². The van der Waals surface area contributed by atoms with Crippen molar-refractivity contribution in [1.29, 1.82) is 0 Å². The number of nitrogens with zero attached hydrogens (tertiary/aromatic N) is 6. The molecule has 0 bridgehead atoms. The third-order valence-electron chi connectivity index (χ3n) is 5.11. The van der Waals surface area contributed by atoms with Crippen molar-refractivity contribution in [3.8, 4) is 0 Å². The second-order valence-electron chi connectivity index (χ2n) is 7.47. The molecule has 2 aromatic rings. The molecule has 0 unspecified atom stereocenters. The Labute approximate surface area is 185 Å². The van der Waals surface area contributed by atoms with Crippen LogP contribution in [0.2, 0.25) is 0 Å². The number of hydrogen-bond acceptors (Lipinski definition) is 8. The maximum Gasteiger partial charge on any atom is 0.240 e. The average molecular weight is 446 g/mol. The Morgan fingerprint density at radius 2 is 1.90 bits per heavy atom. The lowest BCUT2D eigenvalue weighted by Crippen LogP contribution is -2.45. The van der Waals surface area contributed by atoms with E-state index in [2.05, 4.69) is 51.8 Å². The minimum Gasteiger partial charge on any atom is -0.356 e. The van der Waals surface area contributed by atoms with Crippen LogP contribution in [0.3, 0.4) is 0 Å². The molecule has 1 fully saturated rings. The third kappa shape index (κ3) is 6.50. The van der Waals surface area contributed by atoms with Crippen LogP contribution in [0.25, 0.3) is 0 Å². The van der Waals surface area contributed by atoms with Crippen LogP contribution in [-0.4, -0.2) is 50.7 Å². The summed E-state index contributed by atoms with van der Waals surface area (Å²) in [6, 6.07) is 2.61. The molecule has 2 N–H and O–H groups in total. The first kappa shape index (κ1) is 25.6. The Morgan fingerprint density at radius 1 is 1.21 bits per heavy atom. The fourth-order valence-corrected chi connectivity index (χ4v) is 3.57. The molecule has 0 atom stereocenters. The zero-order valence-corrected chi connectivity index (χ0v) is 19.3. The molecule has 0 aliphatic carbocycles. The van der Waals surface area contributed by atoms with Crippen molar-refractivity contribution in [2.75, 3.05) is 24.5 Å². The van der Waals surface area contributed by atoms with E-state index in [4.69, 9.17) is 15.2 Å². The highest BCUT2D eigenvalue weighted by molar-refractivity contribution is 5.85. The van der Waals surface area contributed by atoms with Crippen molar-refractivity contribution in [1.82, 2.24) is 25.0 Å². The van der Waals surface area contributed by atoms with Crippen LogP contribution in [0.15, 0.2) is 10.6 Å². The van der Waals surface area contributed by atoms with Gasteiger partial charge in [0.15, 0.2) is 5.82 Å². The first-order chi connectivity index (χ1) is 13.0. The van der Waals surface area contributed by atoms with Gasteiger partial charge in [0.2, 0.25) is 5.89 Å². The number of anilines is 1. The first-order valence-electron chi connectivity index (χ1n) is 9.86. The summed E-state index contributed by atoms with van der Waals surface area (Å²) in [5.74, 6) is 3.53. The number of hydrogen-bond donors (Lipinski definition) is 1. The van der Waals surface area contributed by atoms with Crippen molar-refractivity contribution in [3.05, 3.63) is 29.3 Å². The van der Waals surface area contributed by atoms with Gasteiger partial charge in [0.1, 0.15) is 11.6 Å². The maximum atomic E-state index is 5.55. The quantitative estimate of drug-likeness (QED) is 0.693. The fraction of sp³-hybridized carbons (Fsp3) is 0.684. The second-order valence-corrected chi connectivity index (χ2v) is 7.47. The van der Waals surface area contributed by atoms with Gasteiger partial charge in [0.05, 0.1) is 13.1 Å². The van der Waals surface area contributed by atoms with Gasteiger partial charge in [-0.2, -0.15) is 4.98 Å². The summed E-state index contributed by atoms with van der Waals surface area (Å²) in [4.78, 5) is 18.5. The Morgan fingerprint density at radius 3 is 2.45 bits per heavy atom. The molecule has 0 saturated carbocycles. The molecule has 1 aliphatic heterocycles. The van der Waals surface area contributed by atoms with Gasteiger partial charge in [-0.25, -0.2) is 9.97 Å². The summed E-state index contributed by atoms with van der Waals surface area (Å²) in [5.41, 5.74) is 6.59. The van der Waals surface area contributed by atoms with E-state index in [-0.39, 0.29) is 31.4 Å². The summed E-state index contributed by atoms with van der Waals surface area (Å²) < 4.78 is 5.13. The molecule has 1 aliphatic rings. The fourth-order valence-electron chi connectivity index (χ4n) is 3.57. The Bertz CT molecular complexity index is 748. The van der Waals surface area contributed by atoms with Crippen LogP contribution in [0.1, 0.15) is 62.8 Å². The van der Waals surface area contributed by atoms with E-state index < -0.39 is 0 Å². The van der Waals surface area contributed by atoms with Crippen LogP contribution in [0, 0.1) is 6.92 Å². The van der Waals surface area contributed by atoms with Crippen molar-refractivity contribution in [2.45, 2.75) is 65.6 Å². The van der Waals surface area contributed by atoms with Gasteiger partial charge >= 0.3 is 0 Å². The highest BCUT2D eigenvalue weighted by Crippen LogP contribution is 2.24. The molecule has 2 aromatic heterocycles. The average Bonchev–Trinajstić information content (AvgIpc) is 3.13. The lowest BCUT2D eigenvalue weighted by molar-refractivity contribution is 0.163. The number of nitrogens with two attached hydrogens (primary N) is 1. The molecule has 0 radical (unpaired) electrons. The van der Waals surface area contributed by atoms with Crippen molar-refractivity contribution < 1.29 is 4.52 Å². The molecule has 8 nitrogen and oxygen atoms in total. The van der Waals surface area contributed by atoms with Gasteiger partial charge in [-0.1, -0.05) is 25.9 Å². The molecule has 0 aromatic carbocycles. The molecule has 3 heterocycles. The number of aryl methyl sites for hydroxylation is 1. The molecular weight excluding hydrogens is 413 g/mol. The number of aromatic nitrogens is 4. The minimum absolute atomic E-state index is 0. The molecule has 1 saturated heterocycles. The summed E-state index contributed by atoms with van der Waals surface area (Å²) in [6.07, 6.45) is 2.19. The van der Waals surface area contributed by atoms with Gasteiger partial charge < -0.3 is 15.2 Å². The summed E-state index contributed by atoms with van der Waals surface area (Å²) in [5, 5.41) is 4.03. The molecule has 0 amide bonds. The lowest BCUT2D eigenvalue weighted by Gasteiger charge is -2.38. The van der Waals surface area contributed by atoms with Gasteiger partial charge in [-0.15, -0.1) is 24.8 Å². The largest absolute Gasteiger partial charge is 0.356 e. The van der Waals surface area contributed by atoms with E-state index >= 15 is 0 Å². The summed E-state index contributed by atoms with van der Waals surface area (Å²) in [6.45, 7) is 12.4. The minimum atomic E-state index is 0. The number of halogens is 2. The van der Waals surface area contributed by atoms with Crippen LogP contribution >= 0.6 is 24.8 Å². The molecule has 3 rings (SSSR count). The molecule has 164 valence electrons. The van der Waals surface area contributed by atoms with Crippen molar-refractivity contribution in [3.63, 3.8) is 0 Å². The smallest absolute Gasteiger partial charge is 0.240 e. The SMILES string of the molecule is CCN(Cc1noc(CN)n1)C1CCN(c2cc(C)nc(C(C)C)n2)CC1.Cl.Cl. The van der Waals surface area contributed by atoms with E-state index in [1.165, 1.54) is 0 Å². The number of piperidine rings is 1. The zero-order chi connectivity index (χ0) is 19.4. The summed E-state index contributed by atoms with van der Waals surface area (Å²) in [7, 11) is 0. The Balaban J connectivity index is 0.00000210. The summed E-state index contributed by atoms with van der Waals surface area (Å²) >= 11 is 0. The predicted molar refractivity (Wildman–Crippen MR) is 119 cm³/mol. The molecule has 0 spiro atoms. The highest BCUT2D eigenvalue weighted by atomic mass is 35.5.